The predicted molar refractivity (Wildman–Crippen MR) is 97.6 cm³/mol. The van der Waals surface area contributed by atoms with Gasteiger partial charge in [0.2, 0.25) is 4.77 Å². The van der Waals surface area contributed by atoms with Crippen molar-refractivity contribution in [3.8, 4) is 17.2 Å². The minimum atomic E-state index is -0.769. The Morgan fingerprint density at radius 1 is 1.30 bits per heavy atom. The third kappa shape index (κ3) is 4.10. The standard InChI is InChI=1S/C16H13N5O5S/c22-13-7-14(23)12(21(24)25)6-10(13)8-17-20-15(18-19-16(20)27)9-26-11-4-2-1-3-5-11/h1-8,22-23H,9H2,(H,19,27)/b17-8-. The molecule has 1 heterocycles. The maximum atomic E-state index is 10.9. The maximum absolute atomic E-state index is 10.9. The summed E-state index contributed by atoms with van der Waals surface area (Å²) >= 11 is 5.10. The number of rotatable bonds is 6. The fraction of sp³-hybridized carbons (Fsp3) is 0.0625. The number of phenolic OH excluding ortho intramolecular Hbond substituents is 2. The van der Waals surface area contributed by atoms with Gasteiger partial charge in [0.05, 0.1) is 11.1 Å². The van der Waals surface area contributed by atoms with Crippen LogP contribution in [-0.2, 0) is 6.61 Å². The molecule has 138 valence electrons. The molecular formula is C16H13N5O5S. The summed E-state index contributed by atoms with van der Waals surface area (Å²) in [4.78, 5) is 10.1. The number of nitrogens with one attached hydrogen (secondary N) is 1. The van der Waals surface area contributed by atoms with E-state index in [1.165, 1.54) is 10.9 Å². The Hall–Kier alpha value is -3.73. The minimum absolute atomic E-state index is 0.0255. The molecule has 0 amide bonds. The van der Waals surface area contributed by atoms with Crippen molar-refractivity contribution in [2.75, 3.05) is 0 Å². The molecule has 10 nitrogen and oxygen atoms in total. The Balaban J connectivity index is 1.86. The lowest BCUT2D eigenvalue weighted by atomic mass is 10.2. The van der Waals surface area contributed by atoms with Crippen LogP contribution in [0.2, 0.25) is 0 Å². The van der Waals surface area contributed by atoms with Crippen molar-refractivity contribution in [3.05, 3.63) is 68.7 Å². The van der Waals surface area contributed by atoms with Crippen LogP contribution in [0.4, 0.5) is 5.69 Å². The highest BCUT2D eigenvalue weighted by molar-refractivity contribution is 7.71. The number of aromatic hydroxyl groups is 2. The van der Waals surface area contributed by atoms with E-state index in [-0.39, 0.29) is 22.7 Å². The molecule has 0 saturated heterocycles. The van der Waals surface area contributed by atoms with Gasteiger partial charge in [-0.3, -0.25) is 10.1 Å². The highest BCUT2D eigenvalue weighted by atomic mass is 32.1. The van der Waals surface area contributed by atoms with Crippen molar-refractivity contribution in [2.24, 2.45) is 5.10 Å². The predicted octanol–water partition coefficient (Wildman–Crippen LogP) is 2.72. The second-order valence-electron chi connectivity index (χ2n) is 5.26. The van der Waals surface area contributed by atoms with Gasteiger partial charge in [-0.15, -0.1) is 0 Å². The molecule has 0 bridgehead atoms. The van der Waals surface area contributed by atoms with Crippen LogP contribution in [0, 0.1) is 14.9 Å². The Morgan fingerprint density at radius 3 is 2.74 bits per heavy atom. The topological polar surface area (TPSA) is 139 Å². The first kappa shape index (κ1) is 18.1. The van der Waals surface area contributed by atoms with Crippen molar-refractivity contribution in [3.63, 3.8) is 0 Å². The lowest BCUT2D eigenvalue weighted by Crippen LogP contribution is -2.04. The number of nitro groups is 1. The quantitative estimate of drug-likeness (QED) is 0.256. The molecule has 3 N–H and O–H groups in total. The van der Waals surface area contributed by atoms with Gasteiger partial charge in [-0.2, -0.15) is 14.9 Å². The second-order valence-corrected chi connectivity index (χ2v) is 5.65. The molecule has 0 saturated carbocycles. The molecule has 0 unspecified atom stereocenters. The summed E-state index contributed by atoms with van der Waals surface area (Å²) in [6.45, 7) is 0.0657. The van der Waals surface area contributed by atoms with Gasteiger partial charge in [0, 0.05) is 17.7 Å². The monoisotopic (exact) mass is 387 g/mol. The van der Waals surface area contributed by atoms with Crippen LogP contribution < -0.4 is 4.74 Å². The van der Waals surface area contributed by atoms with Crippen molar-refractivity contribution >= 4 is 24.1 Å². The Morgan fingerprint density at radius 2 is 2.04 bits per heavy atom. The normalized spacial score (nSPS) is 11.0. The zero-order valence-electron chi connectivity index (χ0n) is 13.6. The number of H-pyrrole nitrogens is 1. The first-order valence-electron chi connectivity index (χ1n) is 7.54. The number of ether oxygens (including phenoxy) is 1. The van der Waals surface area contributed by atoms with Gasteiger partial charge in [-0.25, -0.2) is 5.10 Å². The van der Waals surface area contributed by atoms with Crippen LogP contribution >= 0.6 is 12.2 Å². The molecule has 2 aromatic carbocycles. The van der Waals surface area contributed by atoms with Gasteiger partial charge in [-0.1, -0.05) is 18.2 Å². The number of phenols is 2. The lowest BCUT2D eigenvalue weighted by molar-refractivity contribution is -0.385. The molecule has 0 atom stereocenters. The average molecular weight is 387 g/mol. The Bertz CT molecular complexity index is 1060. The van der Waals surface area contributed by atoms with Gasteiger partial charge >= 0.3 is 5.69 Å². The maximum Gasteiger partial charge on any atom is 0.311 e. The van der Waals surface area contributed by atoms with Crippen molar-refractivity contribution in [1.82, 2.24) is 14.9 Å². The highest BCUT2D eigenvalue weighted by Gasteiger charge is 2.17. The summed E-state index contributed by atoms with van der Waals surface area (Å²) in [6, 6.07) is 10.9. The van der Waals surface area contributed by atoms with Gasteiger partial charge in [-0.05, 0) is 24.4 Å². The summed E-state index contributed by atoms with van der Waals surface area (Å²) in [5.41, 5.74) is -0.532. The van der Waals surface area contributed by atoms with E-state index in [4.69, 9.17) is 17.0 Å². The smallest absolute Gasteiger partial charge is 0.311 e. The summed E-state index contributed by atoms with van der Waals surface area (Å²) in [5.74, 6) is -0.0351. The van der Waals surface area contributed by atoms with Crippen LogP contribution in [0.5, 0.6) is 17.2 Å². The minimum Gasteiger partial charge on any atom is -0.507 e. The summed E-state index contributed by atoms with van der Waals surface area (Å²) in [7, 11) is 0. The van der Waals surface area contributed by atoms with Crippen LogP contribution in [0.1, 0.15) is 11.4 Å². The van der Waals surface area contributed by atoms with Gasteiger partial charge in [0.1, 0.15) is 18.1 Å². The van der Waals surface area contributed by atoms with Gasteiger partial charge < -0.3 is 14.9 Å². The molecule has 0 aliphatic rings. The SMILES string of the molecule is O=[N+]([O-])c1cc(/C=N\n2c(COc3ccccc3)n[nH]c2=S)c(O)cc1O. The summed E-state index contributed by atoms with van der Waals surface area (Å²) in [6.07, 6.45) is 1.17. The largest absolute Gasteiger partial charge is 0.507 e. The van der Waals surface area contributed by atoms with E-state index in [1.54, 1.807) is 12.1 Å². The van der Waals surface area contributed by atoms with Crippen molar-refractivity contribution < 1.29 is 19.9 Å². The molecule has 0 aliphatic carbocycles. The molecule has 0 spiro atoms. The average Bonchev–Trinajstić information content (AvgIpc) is 2.99. The van der Waals surface area contributed by atoms with Crippen LogP contribution in [-0.4, -0.2) is 36.2 Å². The molecular weight excluding hydrogens is 374 g/mol. The van der Waals surface area contributed by atoms with E-state index < -0.39 is 16.4 Å². The zero-order chi connectivity index (χ0) is 19.4. The van der Waals surface area contributed by atoms with Gasteiger partial charge in [0.25, 0.3) is 0 Å². The molecule has 11 heteroatoms. The number of hydrogen-bond donors (Lipinski definition) is 3. The Labute approximate surface area is 157 Å². The number of aromatic nitrogens is 3. The van der Waals surface area contributed by atoms with E-state index in [2.05, 4.69) is 15.3 Å². The first-order valence-corrected chi connectivity index (χ1v) is 7.95. The zero-order valence-corrected chi connectivity index (χ0v) is 14.5. The number of benzene rings is 2. The van der Waals surface area contributed by atoms with Crippen LogP contribution in [0.3, 0.4) is 0 Å². The molecule has 3 aromatic rings. The Kier molecular flexibility index (Phi) is 5.13. The van der Waals surface area contributed by atoms with E-state index >= 15 is 0 Å². The van der Waals surface area contributed by atoms with E-state index in [9.17, 15) is 20.3 Å². The van der Waals surface area contributed by atoms with Crippen LogP contribution in [0.15, 0.2) is 47.6 Å². The second kappa shape index (κ2) is 7.66. The molecule has 1 aromatic heterocycles. The molecule has 0 fully saturated rings. The fourth-order valence-corrected chi connectivity index (χ4v) is 2.35. The first-order chi connectivity index (χ1) is 13.0. The number of nitro benzene ring substituents is 1. The number of nitrogens with zero attached hydrogens (tertiary/aromatic N) is 4. The van der Waals surface area contributed by atoms with E-state index in [0.717, 1.165) is 12.1 Å². The third-order valence-corrected chi connectivity index (χ3v) is 3.73. The van der Waals surface area contributed by atoms with Crippen molar-refractivity contribution in [1.29, 1.82) is 0 Å². The summed E-state index contributed by atoms with van der Waals surface area (Å²) in [5, 5.41) is 41.0. The van der Waals surface area contributed by atoms with Gasteiger partial charge in [0.15, 0.2) is 11.6 Å². The number of aromatic amines is 1. The fourth-order valence-electron chi connectivity index (χ4n) is 2.15. The molecule has 0 radical (unpaired) electrons. The number of hydrogen-bond acceptors (Lipinski definition) is 8. The molecule has 3 rings (SSSR count). The molecule has 0 aliphatic heterocycles. The third-order valence-electron chi connectivity index (χ3n) is 3.46. The highest BCUT2D eigenvalue weighted by Crippen LogP contribution is 2.32. The lowest BCUT2D eigenvalue weighted by Gasteiger charge is -2.05. The van der Waals surface area contributed by atoms with E-state index in [0.29, 0.717) is 11.6 Å². The van der Waals surface area contributed by atoms with E-state index in [1.807, 2.05) is 18.2 Å². The number of para-hydroxylation sites is 1. The molecule has 27 heavy (non-hydrogen) atoms. The summed E-state index contributed by atoms with van der Waals surface area (Å²) < 4.78 is 7.03. The van der Waals surface area contributed by atoms with Crippen molar-refractivity contribution in [2.45, 2.75) is 6.61 Å². The van der Waals surface area contributed by atoms with Crippen LogP contribution in [0.25, 0.3) is 0 Å².